The molecule has 0 amide bonds. The molecule has 20 heavy (non-hydrogen) atoms. The molecule has 2 aromatic rings. The summed E-state index contributed by atoms with van der Waals surface area (Å²) in [6.07, 6.45) is 0. The Hall–Kier alpha value is -0.910. The van der Waals surface area contributed by atoms with Crippen LogP contribution in [0.25, 0.3) is 0 Å². The Labute approximate surface area is 134 Å². The minimum Gasteiger partial charge on any atom is -0.496 e. The number of nitrogens with one attached hydrogen (secondary N) is 1. The standard InChI is InChI=1S/C15H14Br2FNO/c1-19-15(12-7-9(16)4-6-13(12)18)11-5-3-10(17)8-14(11)20-2/h3-8,15,19H,1-2H3. The van der Waals surface area contributed by atoms with Crippen molar-refractivity contribution in [1.82, 2.24) is 5.32 Å². The van der Waals surface area contributed by atoms with Gasteiger partial charge >= 0.3 is 0 Å². The van der Waals surface area contributed by atoms with Gasteiger partial charge in [0.05, 0.1) is 13.2 Å². The molecule has 1 atom stereocenters. The van der Waals surface area contributed by atoms with Crippen molar-refractivity contribution in [3.05, 3.63) is 62.3 Å². The third kappa shape index (κ3) is 3.22. The first-order valence-corrected chi connectivity index (χ1v) is 7.61. The predicted octanol–water partition coefficient (Wildman–Crippen LogP) is 4.67. The third-order valence-electron chi connectivity index (χ3n) is 3.06. The summed E-state index contributed by atoms with van der Waals surface area (Å²) in [7, 11) is 3.40. The molecule has 0 fully saturated rings. The number of halogens is 3. The summed E-state index contributed by atoms with van der Waals surface area (Å²) in [5.74, 6) is 0.454. The molecule has 0 bridgehead atoms. The van der Waals surface area contributed by atoms with Crippen LogP contribution in [0.15, 0.2) is 45.3 Å². The first kappa shape index (κ1) is 15.5. The second kappa shape index (κ2) is 6.70. The molecule has 0 spiro atoms. The van der Waals surface area contributed by atoms with Gasteiger partial charge in [0.2, 0.25) is 0 Å². The van der Waals surface area contributed by atoms with Crippen LogP contribution in [0, 0.1) is 5.82 Å². The zero-order valence-electron chi connectivity index (χ0n) is 11.1. The normalized spacial score (nSPS) is 12.2. The summed E-state index contributed by atoms with van der Waals surface area (Å²) in [6, 6.07) is 10.3. The molecule has 0 saturated heterocycles. The summed E-state index contributed by atoms with van der Waals surface area (Å²) >= 11 is 6.79. The van der Waals surface area contributed by atoms with Gasteiger partial charge in [0.25, 0.3) is 0 Å². The molecule has 0 aliphatic carbocycles. The van der Waals surface area contributed by atoms with Gasteiger partial charge in [-0.05, 0) is 37.4 Å². The second-order valence-corrected chi connectivity index (χ2v) is 6.11. The molecular weight excluding hydrogens is 389 g/mol. The Bertz CT molecular complexity index is 619. The monoisotopic (exact) mass is 401 g/mol. The molecule has 0 aliphatic heterocycles. The van der Waals surface area contributed by atoms with Crippen molar-refractivity contribution in [3.63, 3.8) is 0 Å². The zero-order valence-corrected chi connectivity index (χ0v) is 14.3. The second-order valence-electron chi connectivity index (χ2n) is 4.27. The van der Waals surface area contributed by atoms with Crippen LogP contribution in [-0.4, -0.2) is 14.2 Å². The van der Waals surface area contributed by atoms with E-state index < -0.39 is 0 Å². The highest BCUT2D eigenvalue weighted by molar-refractivity contribution is 9.10. The minimum absolute atomic E-state index is 0.252. The van der Waals surface area contributed by atoms with Gasteiger partial charge in [-0.25, -0.2) is 4.39 Å². The lowest BCUT2D eigenvalue weighted by Crippen LogP contribution is -2.19. The molecule has 0 heterocycles. The lowest BCUT2D eigenvalue weighted by atomic mass is 9.97. The Morgan fingerprint density at radius 2 is 1.70 bits per heavy atom. The minimum atomic E-state index is -0.282. The maximum atomic E-state index is 14.1. The molecular formula is C15H14Br2FNO. The average Bonchev–Trinajstić information content (AvgIpc) is 2.44. The maximum Gasteiger partial charge on any atom is 0.128 e. The quantitative estimate of drug-likeness (QED) is 0.802. The van der Waals surface area contributed by atoms with E-state index in [1.165, 1.54) is 6.07 Å². The van der Waals surface area contributed by atoms with Gasteiger partial charge in [0.15, 0.2) is 0 Å². The predicted molar refractivity (Wildman–Crippen MR) is 85.7 cm³/mol. The number of methoxy groups -OCH3 is 1. The fourth-order valence-electron chi connectivity index (χ4n) is 2.14. The largest absolute Gasteiger partial charge is 0.496 e. The van der Waals surface area contributed by atoms with Crippen LogP contribution in [0.5, 0.6) is 5.75 Å². The number of hydrogen-bond donors (Lipinski definition) is 1. The van der Waals surface area contributed by atoms with Crippen LogP contribution in [0.4, 0.5) is 4.39 Å². The summed E-state index contributed by atoms with van der Waals surface area (Å²) < 4.78 is 21.3. The Kier molecular flexibility index (Phi) is 5.18. The number of ether oxygens (including phenoxy) is 1. The van der Waals surface area contributed by atoms with E-state index in [2.05, 4.69) is 37.2 Å². The fourth-order valence-corrected chi connectivity index (χ4v) is 2.86. The molecule has 0 saturated carbocycles. The van der Waals surface area contributed by atoms with Gasteiger partial charge in [-0.3, -0.25) is 0 Å². The fraction of sp³-hybridized carbons (Fsp3) is 0.200. The highest BCUT2D eigenvalue weighted by Gasteiger charge is 2.20. The smallest absolute Gasteiger partial charge is 0.128 e. The van der Waals surface area contributed by atoms with Crippen molar-refractivity contribution in [3.8, 4) is 5.75 Å². The molecule has 0 radical (unpaired) electrons. The van der Waals surface area contributed by atoms with E-state index in [0.29, 0.717) is 11.3 Å². The summed E-state index contributed by atoms with van der Waals surface area (Å²) in [5, 5.41) is 3.14. The van der Waals surface area contributed by atoms with E-state index in [4.69, 9.17) is 4.74 Å². The first-order valence-electron chi connectivity index (χ1n) is 6.02. The van der Waals surface area contributed by atoms with Crippen LogP contribution < -0.4 is 10.1 Å². The number of hydrogen-bond acceptors (Lipinski definition) is 2. The number of benzene rings is 2. The highest BCUT2D eigenvalue weighted by atomic mass is 79.9. The summed E-state index contributed by atoms with van der Waals surface area (Å²) in [5.41, 5.74) is 1.46. The van der Waals surface area contributed by atoms with Crippen molar-refractivity contribution in [2.45, 2.75) is 6.04 Å². The summed E-state index contributed by atoms with van der Waals surface area (Å²) in [6.45, 7) is 0. The Morgan fingerprint density at radius 3 is 2.35 bits per heavy atom. The van der Waals surface area contributed by atoms with Crippen LogP contribution >= 0.6 is 31.9 Å². The van der Waals surface area contributed by atoms with Gasteiger partial charge < -0.3 is 10.1 Å². The van der Waals surface area contributed by atoms with Gasteiger partial charge in [0, 0.05) is 20.1 Å². The molecule has 2 aromatic carbocycles. The van der Waals surface area contributed by atoms with Crippen molar-refractivity contribution in [2.75, 3.05) is 14.2 Å². The topological polar surface area (TPSA) is 21.3 Å². The van der Waals surface area contributed by atoms with E-state index in [1.54, 1.807) is 26.3 Å². The van der Waals surface area contributed by atoms with Gasteiger partial charge in [-0.1, -0.05) is 37.9 Å². The van der Waals surface area contributed by atoms with Crippen molar-refractivity contribution in [2.24, 2.45) is 0 Å². The van der Waals surface area contributed by atoms with Gasteiger partial charge in [-0.15, -0.1) is 0 Å². The molecule has 2 rings (SSSR count). The third-order valence-corrected chi connectivity index (χ3v) is 4.05. The highest BCUT2D eigenvalue weighted by Crippen LogP contribution is 2.34. The lowest BCUT2D eigenvalue weighted by Gasteiger charge is -2.21. The Balaban J connectivity index is 2.55. The SMILES string of the molecule is CNC(c1cc(Br)ccc1F)c1ccc(Br)cc1OC. The van der Waals surface area contributed by atoms with E-state index in [0.717, 1.165) is 14.5 Å². The van der Waals surface area contributed by atoms with E-state index in [-0.39, 0.29) is 11.9 Å². The van der Waals surface area contributed by atoms with Crippen LogP contribution in [0.1, 0.15) is 17.2 Å². The summed E-state index contributed by atoms with van der Waals surface area (Å²) in [4.78, 5) is 0. The molecule has 106 valence electrons. The van der Waals surface area contributed by atoms with E-state index in [9.17, 15) is 4.39 Å². The van der Waals surface area contributed by atoms with Crippen molar-refractivity contribution in [1.29, 1.82) is 0 Å². The van der Waals surface area contributed by atoms with Crippen LogP contribution in [0.3, 0.4) is 0 Å². The van der Waals surface area contributed by atoms with E-state index in [1.807, 2.05) is 18.2 Å². The first-order chi connectivity index (χ1) is 9.56. The van der Waals surface area contributed by atoms with Crippen molar-refractivity contribution < 1.29 is 9.13 Å². The van der Waals surface area contributed by atoms with Gasteiger partial charge in [0.1, 0.15) is 11.6 Å². The lowest BCUT2D eigenvalue weighted by molar-refractivity contribution is 0.404. The van der Waals surface area contributed by atoms with E-state index >= 15 is 0 Å². The van der Waals surface area contributed by atoms with Crippen LogP contribution in [-0.2, 0) is 0 Å². The molecule has 5 heteroatoms. The van der Waals surface area contributed by atoms with Gasteiger partial charge in [-0.2, -0.15) is 0 Å². The molecule has 0 aromatic heterocycles. The molecule has 0 aliphatic rings. The maximum absolute atomic E-state index is 14.1. The Morgan fingerprint density at radius 1 is 1.05 bits per heavy atom. The van der Waals surface area contributed by atoms with Crippen molar-refractivity contribution >= 4 is 31.9 Å². The molecule has 1 unspecified atom stereocenters. The number of rotatable bonds is 4. The molecule has 2 nitrogen and oxygen atoms in total. The zero-order chi connectivity index (χ0) is 14.7. The molecule has 1 N–H and O–H groups in total. The average molecular weight is 403 g/mol. The van der Waals surface area contributed by atoms with Crippen LogP contribution in [0.2, 0.25) is 0 Å².